The largest absolute Gasteiger partial charge is 0.389 e. The zero-order valence-corrected chi connectivity index (χ0v) is 11.8. The molecule has 0 bridgehead atoms. The molecule has 2 heterocycles. The summed E-state index contributed by atoms with van der Waals surface area (Å²) >= 11 is 5.03. The van der Waals surface area contributed by atoms with Crippen molar-refractivity contribution >= 4 is 23.0 Å². The predicted molar refractivity (Wildman–Crippen MR) is 81.2 cm³/mol. The Morgan fingerprint density at radius 1 is 1.32 bits per heavy atom. The number of anilines is 1. The van der Waals surface area contributed by atoms with Crippen LogP contribution in [0.2, 0.25) is 0 Å². The lowest BCUT2D eigenvalue weighted by Crippen LogP contribution is -2.15. The van der Waals surface area contributed by atoms with Gasteiger partial charge in [-0.25, -0.2) is 4.98 Å². The molecule has 19 heavy (non-hydrogen) atoms. The van der Waals surface area contributed by atoms with Crippen LogP contribution in [0.4, 0.5) is 5.82 Å². The van der Waals surface area contributed by atoms with Crippen molar-refractivity contribution in [1.82, 2.24) is 9.97 Å². The fourth-order valence-corrected chi connectivity index (χ4v) is 1.93. The fraction of sp³-hybridized carbons (Fsp3) is 0.214. The number of hydrogen-bond donors (Lipinski definition) is 2. The van der Waals surface area contributed by atoms with E-state index in [1.807, 2.05) is 38.1 Å². The predicted octanol–water partition coefficient (Wildman–Crippen LogP) is 2.34. The SMILES string of the molecule is Cc1ccc(C(N)=S)c(NCc2ncccc2C)n1. The molecule has 0 unspecified atom stereocenters. The van der Waals surface area contributed by atoms with Crippen LogP contribution in [-0.2, 0) is 6.54 Å². The van der Waals surface area contributed by atoms with E-state index in [1.54, 1.807) is 6.20 Å². The molecule has 98 valence electrons. The highest BCUT2D eigenvalue weighted by Gasteiger charge is 2.07. The minimum absolute atomic E-state index is 0.341. The number of rotatable bonds is 4. The van der Waals surface area contributed by atoms with Crippen molar-refractivity contribution in [2.45, 2.75) is 20.4 Å². The van der Waals surface area contributed by atoms with Crippen LogP contribution >= 0.6 is 12.2 Å². The monoisotopic (exact) mass is 272 g/mol. The lowest BCUT2D eigenvalue weighted by atomic mass is 10.2. The van der Waals surface area contributed by atoms with Crippen molar-refractivity contribution in [2.75, 3.05) is 5.32 Å². The first-order valence-corrected chi connectivity index (χ1v) is 6.40. The van der Waals surface area contributed by atoms with Crippen molar-refractivity contribution in [3.05, 3.63) is 53.0 Å². The van der Waals surface area contributed by atoms with Gasteiger partial charge in [0.15, 0.2) is 0 Å². The van der Waals surface area contributed by atoms with Gasteiger partial charge >= 0.3 is 0 Å². The van der Waals surface area contributed by atoms with Gasteiger partial charge in [0, 0.05) is 11.9 Å². The van der Waals surface area contributed by atoms with E-state index in [0.717, 1.165) is 22.5 Å². The molecule has 3 N–H and O–H groups in total. The Bertz CT molecular complexity index is 610. The third kappa shape index (κ3) is 3.26. The van der Waals surface area contributed by atoms with E-state index in [9.17, 15) is 0 Å². The average Bonchev–Trinajstić information content (AvgIpc) is 2.37. The summed E-state index contributed by atoms with van der Waals surface area (Å²) in [6.45, 7) is 4.56. The quantitative estimate of drug-likeness (QED) is 0.836. The molecule has 0 radical (unpaired) electrons. The molecule has 0 aliphatic carbocycles. The van der Waals surface area contributed by atoms with E-state index in [2.05, 4.69) is 15.3 Å². The van der Waals surface area contributed by atoms with Gasteiger partial charge < -0.3 is 11.1 Å². The Balaban J connectivity index is 2.22. The maximum absolute atomic E-state index is 5.70. The van der Waals surface area contributed by atoms with E-state index in [0.29, 0.717) is 17.4 Å². The molecule has 0 saturated carbocycles. The van der Waals surface area contributed by atoms with Crippen molar-refractivity contribution in [3.8, 4) is 0 Å². The second kappa shape index (κ2) is 5.75. The number of thiocarbonyl (C=S) groups is 1. The van der Waals surface area contributed by atoms with Crippen LogP contribution in [0.3, 0.4) is 0 Å². The Labute approximate surface area is 118 Å². The van der Waals surface area contributed by atoms with E-state index < -0.39 is 0 Å². The van der Waals surface area contributed by atoms with Crippen LogP contribution in [0.15, 0.2) is 30.5 Å². The molecular formula is C14H16N4S. The number of aromatic nitrogens is 2. The van der Waals surface area contributed by atoms with E-state index >= 15 is 0 Å². The summed E-state index contributed by atoms with van der Waals surface area (Å²) in [6, 6.07) is 7.73. The molecule has 0 atom stereocenters. The van der Waals surface area contributed by atoms with Crippen LogP contribution < -0.4 is 11.1 Å². The third-order valence-electron chi connectivity index (χ3n) is 2.84. The Kier molecular flexibility index (Phi) is 4.06. The van der Waals surface area contributed by atoms with Gasteiger partial charge in [-0.15, -0.1) is 0 Å². The maximum Gasteiger partial charge on any atom is 0.136 e. The highest BCUT2D eigenvalue weighted by atomic mass is 32.1. The van der Waals surface area contributed by atoms with Crippen LogP contribution in [-0.4, -0.2) is 15.0 Å². The first-order chi connectivity index (χ1) is 9.08. The molecule has 5 heteroatoms. The van der Waals surface area contributed by atoms with Gasteiger partial charge in [-0.2, -0.15) is 0 Å². The van der Waals surface area contributed by atoms with Crippen LogP contribution in [0, 0.1) is 13.8 Å². The second-order valence-corrected chi connectivity index (χ2v) is 4.77. The zero-order valence-electron chi connectivity index (χ0n) is 11.0. The van der Waals surface area contributed by atoms with Crippen molar-refractivity contribution in [3.63, 3.8) is 0 Å². The first kappa shape index (κ1) is 13.4. The summed E-state index contributed by atoms with van der Waals surface area (Å²) in [5.74, 6) is 0.706. The Morgan fingerprint density at radius 2 is 2.11 bits per heavy atom. The van der Waals surface area contributed by atoms with Gasteiger partial charge in [0.25, 0.3) is 0 Å². The number of hydrogen-bond acceptors (Lipinski definition) is 4. The smallest absolute Gasteiger partial charge is 0.136 e. The van der Waals surface area contributed by atoms with E-state index in [-0.39, 0.29) is 0 Å². The molecule has 0 saturated heterocycles. The number of aryl methyl sites for hydroxylation is 2. The van der Waals surface area contributed by atoms with Crippen LogP contribution in [0.5, 0.6) is 0 Å². The van der Waals surface area contributed by atoms with Gasteiger partial charge in [-0.1, -0.05) is 18.3 Å². The van der Waals surface area contributed by atoms with Crippen LogP contribution in [0.1, 0.15) is 22.5 Å². The molecule has 2 rings (SSSR count). The third-order valence-corrected chi connectivity index (χ3v) is 3.06. The maximum atomic E-state index is 5.70. The lowest BCUT2D eigenvalue weighted by molar-refractivity contribution is 0.999. The molecular weight excluding hydrogens is 256 g/mol. The van der Waals surface area contributed by atoms with Crippen LogP contribution in [0.25, 0.3) is 0 Å². The Morgan fingerprint density at radius 3 is 2.79 bits per heavy atom. The summed E-state index contributed by atoms with van der Waals surface area (Å²) in [5, 5.41) is 3.25. The molecule has 0 amide bonds. The van der Waals surface area contributed by atoms with Gasteiger partial charge in [-0.05, 0) is 37.6 Å². The summed E-state index contributed by atoms with van der Waals surface area (Å²) in [7, 11) is 0. The molecule has 0 fully saturated rings. The van der Waals surface area contributed by atoms with Gasteiger partial charge in [-0.3, -0.25) is 4.98 Å². The first-order valence-electron chi connectivity index (χ1n) is 5.99. The summed E-state index contributed by atoms with van der Waals surface area (Å²) < 4.78 is 0. The molecule has 0 spiro atoms. The highest BCUT2D eigenvalue weighted by molar-refractivity contribution is 7.80. The minimum atomic E-state index is 0.341. The van der Waals surface area contributed by atoms with Gasteiger partial charge in [0.1, 0.15) is 10.8 Å². The van der Waals surface area contributed by atoms with Crippen molar-refractivity contribution < 1.29 is 0 Å². The van der Waals surface area contributed by atoms with Crippen molar-refractivity contribution in [2.24, 2.45) is 5.73 Å². The molecule has 2 aromatic heterocycles. The van der Waals surface area contributed by atoms with Crippen molar-refractivity contribution in [1.29, 1.82) is 0 Å². The molecule has 0 aliphatic heterocycles. The zero-order chi connectivity index (χ0) is 13.8. The normalized spacial score (nSPS) is 10.2. The average molecular weight is 272 g/mol. The minimum Gasteiger partial charge on any atom is -0.389 e. The van der Waals surface area contributed by atoms with Gasteiger partial charge in [0.2, 0.25) is 0 Å². The topological polar surface area (TPSA) is 63.8 Å². The molecule has 4 nitrogen and oxygen atoms in total. The highest BCUT2D eigenvalue weighted by Crippen LogP contribution is 2.15. The second-order valence-electron chi connectivity index (χ2n) is 4.33. The fourth-order valence-electron chi connectivity index (χ4n) is 1.76. The number of nitrogens with zero attached hydrogens (tertiary/aromatic N) is 2. The van der Waals surface area contributed by atoms with Gasteiger partial charge in [0.05, 0.1) is 17.8 Å². The standard InChI is InChI=1S/C14H16N4S/c1-9-4-3-7-16-12(9)8-17-14-11(13(15)19)6-5-10(2)18-14/h3-7H,8H2,1-2H3,(H2,15,19)(H,17,18). The summed E-state index contributed by atoms with van der Waals surface area (Å²) in [4.78, 5) is 9.11. The Hall–Kier alpha value is -2.01. The molecule has 2 aromatic rings. The number of nitrogens with one attached hydrogen (secondary N) is 1. The summed E-state index contributed by atoms with van der Waals surface area (Å²) in [5.41, 5.74) is 9.50. The molecule has 0 aromatic carbocycles. The van der Waals surface area contributed by atoms with E-state index in [1.165, 1.54) is 0 Å². The number of pyridine rings is 2. The molecule has 0 aliphatic rings. The lowest BCUT2D eigenvalue weighted by Gasteiger charge is -2.11. The van der Waals surface area contributed by atoms with E-state index in [4.69, 9.17) is 18.0 Å². The summed E-state index contributed by atoms with van der Waals surface area (Å²) in [6.07, 6.45) is 1.78. The number of nitrogens with two attached hydrogens (primary N) is 1.